The van der Waals surface area contributed by atoms with Crippen LogP contribution < -0.4 is 4.74 Å². The summed E-state index contributed by atoms with van der Waals surface area (Å²) >= 11 is 11.8. The van der Waals surface area contributed by atoms with Crippen LogP contribution >= 0.6 is 23.2 Å². The number of phenolic OH excluding ortho intramolecular Hbond substituents is 1. The van der Waals surface area contributed by atoms with Crippen LogP contribution in [-0.2, 0) is 25.7 Å². The molecule has 186 valence electrons. The van der Waals surface area contributed by atoms with Crippen LogP contribution in [0, 0.1) is 0 Å². The van der Waals surface area contributed by atoms with Gasteiger partial charge in [0.2, 0.25) is 0 Å². The summed E-state index contributed by atoms with van der Waals surface area (Å²) in [5.41, 5.74) is 1.71. The Morgan fingerprint density at radius 2 is 1.26 bits per heavy atom. The van der Waals surface area contributed by atoms with Crippen LogP contribution in [0.25, 0.3) is 0 Å². The Hall–Kier alpha value is -3.30. The highest BCUT2D eigenvalue weighted by Crippen LogP contribution is 2.24. The number of esters is 2. The summed E-state index contributed by atoms with van der Waals surface area (Å²) in [4.78, 5) is 22.1. The Kier molecular flexibility index (Phi) is 10.8. The summed E-state index contributed by atoms with van der Waals surface area (Å²) in [7, 11) is 2.42. The van der Waals surface area contributed by atoms with Gasteiger partial charge in [0, 0.05) is 0 Å². The maximum atomic E-state index is 11.2. The van der Waals surface area contributed by atoms with Gasteiger partial charge in [-0.05, 0) is 53.1 Å². The topological polar surface area (TPSA) is 123 Å². The highest BCUT2D eigenvalue weighted by Gasteiger charge is 2.18. The van der Waals surface area contributed by atoms with Gasteiger partial charge in [-0.25, -0.2) is 9.59 Å². The normalized spacial score (nSPS) is 11.9. The molecule has 0 aliphatic rings. The van der Waals surface area contributed by atoms with E-state index in [0.717, 1.165) is 5.56 Å². The average molecular weight is 523 g/mol. The minimum absolute atomic E-state index is 0.0841. The van der Waals surface area contributed by atoms with Crippen molar-refractivity contribution in [3.8, 4) is 11.5 Å². The van der Waals surface area contributed by atoms with Gasteiger partial charge in [-0.15, -0.1) is 0 Å². The van der Waals surface area contributed by atoms with Crippen LogP contribution in [0.15, 0.2) is 66.7 Å². The zero-order valence-corrected chi connectivity index (χ0v) is 20.4. The zero-order valence-electron chi connectivity index (χ0n) is 18.9. The molecule has 0 aromatic heterocycles. The predicted octanol–water partition coefficient (Wildman–Crippen LogP) is 4.38. The van der Waals surface area contributed by atoms with Crippen molar-refractivity contribution in [2.75, 3.05) is 14.2 Å². The van der Waals surface area contributed by atoms with Gasteiger partial charge in [0.25, 0.3) is 0 Å². The number of aromatic hydroxyl groups is 1. The Morgan fingerprint density at radius 3 is 1.71 bits per heavy atom. The van der Waals surface area contributed by atoms with Crippen LogP contribution in [-0.4, -0.2) is 41.5 Å². The summed E-state index contributed by atoms with van der Waals surface area (Å²) < 4.78 is 14.4. The van der Waals surface area contributed by atoms with Gasteiger partial charge in [0.05, 0.1) is 24.3 Å². The second-order valence-corrected chi connectivity index (χ2v) is 7.86. The highest BCUT2D eigenvalue weighted by atomic mass is 35.5. The van der Waals surface area contributed by atoms with Crippen molar-refractivity contribution >= 4 is 35.1 Å². The summed E-state index contributed by atoms with van der Waals surface area (Å²) in [5, 5.41) is 28.9. The minimum atomic E-state index is -1.30. The second kappa shape index (κ2) is 13.6. The van der Waals surface area contributed by atoms with Crippen molar-refractivity contribution in [3.63, 3.8) is 0 Å². The molecule has 2 unspecified atom stereocenters. The lowest BCUT2D eigenvalue weighted by atomic mass is 10.1. The summed E-state index contributed by atoms with van der Waals surface area (Å²) in [6, 6.07) is 17.5. The van der Waals surface area contributed by atoms with Gasteiger partial charge in [0.1, 0.15) is 18.1 Å². The van der Waals surface area contributed by atoms with E-state index in [1.54, 1.807) is 36.4 Å². The lowest BCUT2D eigenvalue weighted by molar-refractivity contribution is -0.151. The zero-order chi connectivity index (χ0) is 26.0. The van der Waals surface area contributed by atoms with E-state index in [1.165, 1.54) is 38.5 Å². The lowest BCUT2D eigenvalue weighted by Crippen LogP contribution is -2.13. The average Bonchev–Trinajstić information content (AvgIpc) is 2.88. The Morgan fingerprint density at radius 1 is 0.771 bits per heavy atom. The van der Waals surface area contributed by atoms with Crippen LogP contribution in [0.2, 0.25) is 10.0 Å². The Bertz CT molecular complexity index is 1120. The van der Waals surface area contributed by atoms with Crippen LogP contribution in [0.4, 0.5) is 0 Å². The number of halogens is 2. The predicted molar refractivity (Wildman–Crippen MR) is 129 cm³/mol. The van der Waals surface area contributed by atoms with E-state index < -0.39 is 24.1 Å². The number of carbonyl (C=O) groups is 2. The van der Waals surface area contributed by atoms with Crippen molar-refractivity contribution in [2.24, 2.45) is 0 Å². The molecule has 0 aliphatic carbocycles. The molecular weight excluding hydrogens is 499 g/mol. The van der Waals surface area contributed by atoms with Crippen molar-refractivity contribution in [1.29, 1.82) is 0 Å². The molecule has 10 heteroatoms. The SMILES string of the molecule is COC(=O)C(O)c1ccc(O)cc1.COC(=O)C(O)c1ccc(OCc2ccc(Cl)c(Cl)c2)cc1. The van der Waals surface area contributed by atoms with E-state index in [0.29, 0.717) is 33.5 Å². The smallest absolute Gasteiger partial charge is 0.339 e. The van der Waals surface area contributed by atoms with Gasteiger partial charge in [0.15, 0.2) is 12.2 Å². The molecule has 0 fully saturated rings. The summed E-state index contributed by atoms with van der Waals surface area (Å²) in [6.45, 7) is 0.329. The third-order valence-electron chi connectivity index (χ3n) is 4.64. The maximum absolute atomic E-state index is 11.2. The molecule has 0 heterocycles. The van der Waals surface area contributed by atoms with Gasteiger partial charge in [-0.2, -0.15) is 0 Å². The molecule has 0 saturated carbocycles. The van der Waals surface area contributed by atoms with E-state index in [1.807, 2.05) is 6.07 Å². The fourth-order valence-electron chi connectivity index (χ4n) is 2.69. The van der Waals surface area contributed by atoms with E-state index >= 15 is 0 Å². The molecule has 0 spiro atoms. The first-order chi connectivity index (χ1) is 16.7. The molecule has 0 bridgehead atoms. The number of hydrogen-bond acceptors (Lipinski definition) is 8. The molecule has 35 heavy (non-hydrogen) atoms. The maximum Gasteiger partial charge on any atom is 0.339 e. The van der Waals surface area contributed by atoms with Crippen molar-refractivity contribution in [3.05, 3.63) is 93.5 Å². The number of aliphatic hydroxyl groups is 2. The van der Waals surface area contributed by atoms with Gasteiger partial charge < -0.3 is 29.5 Å². The number of ether oxygens (including phenoxy) is 3. The molecule has 0 saturated heterocycles. The molecule has 8 nitrogen and oxygen atoms in total. The largest absolute Gasteiger partial charge is 0.508 e. The quantitative estimate of drug-likeness (QED) is 0.390. The fraction of sp³-hybridized carbons (Fsp3) is 0.200. The third-order valence-corrected chi connectivity index (χ3v) is 5.38. The fourth-order valence-corrected chi connectivity index (χ4v) is 3.02. The Labute approximate surface area is 212 Å². The highest BCUT2D eigenvalue weighted by molar-refractivity contribution is 6.42. The number of methoxy groups -OCH3 is 2. The van der Waals surface area contributed by atoms with Crippen LogP contribution in [0.5, 0.6) is 11.5 Å². The van der Waals surface area contributed by atoms with E-state index in [-0.39, 0.29) is 5.75 Å². The standard InChI is InChI=1S/C16H14Cl2O4.C9H10O4/c1-21-16(20)15(19)11-3-5-12(6-4-11)22-9-10-2-7-13(17)14(18)8-10;1-13-9(12)8(11)6-2-4-7(10)5-3-6/h2-8,15,19H,9H2,1H3;2-5,8,10-11H,1H3. The van der Waals surface area contributed by atoms with Crippen molar-refractivity contribution < 1.29 is 39.1 Å². The monoisotopic (exact) mass is 522 g/mol. The van der Waals surface area contributed by atoms with Gasteiger partial charge >= 0.3 is 11.9 Å². The van der Waals surface area contributed by atoms with Gasteiger partial charge in [-0.3, -0.25) is 0 Å². The lowest BCUT2D eigenvalue weighted by Gasteiger charge is -2.10. The van der Waals surface area contributed by atoms with E-state index in [2.05, 4.69) is 9.47 Å². The first kappa shape index (κ1) is 27.9. The first-order valence-electron chi connectivity index (χ1n) is 10.1. The number of benzene rings is 3. The number of phenols is 1. The molecule has 3 aromatic rings. The number of aliphatic hydroxyl groups excluding tert-OH is 2. The van der Waals surface area contributed by atoms with E-state index in [4.69, 9.17) is 33.0 Å². The Balaban J connectivity index is 0.000000283. The molecule has 0 radical (unpaired) electrons. The number of rotatable bonds is 7. The molecule has 3 rings (SSSR count). The summed E-state index contributed by atoms with van der Waals surface area (Å²) in [6.07, 6.45) is -2.58. The number of hydrogen-bond donors (Lipinski definition) is 3. The van der Waals surface area contributed by atoms with Crippen LogP contribution in [0.1, 0.15) is 28.9 Å². The van der Waals surface area contributed by atoms with Gasteiger partial charge in [-0.1, -0.05) is 53.5 Å². The second-order valence-electron chi connectivity index (χ2n) is 7.05. The molecular formula is C25H24Cl2O8. The molecule has 2 atom stereocenters. The molecule has 3 N–H and O–H groups in total. The van der Waals surface area contributed by atoms with E-state index in [9.17, 15) is 19.8 Å². The van der Waals surface area contributed by atoms with Crippen molar-refractivity contribution in [2.45, 2.75) is 18.8 Å². The molecule has 0 amide bonds. The molecule has 3 aromatic carbocycles. The molecule has 0 aliphatic heterocycles. The van der Waals surface area contributed by atoms with Crippen molar-refractivity contribution in [1.82, 2.24) is 0 Å². The number of carbonyl (C=O) groups excluding carboxylic acids is 2. The first-order valence-corrected chi connectivity index (χ1v) is 10.9. The third kappa shape index (κ3) is 8.45. The minimum Gasteiger partial charge on any atom is -0.508 e. The van der Waals surface area contributed by atoms with Crippen LogP contribution in [0.3, 0.4) is 0 Å². The summed E-state index contributed by atoms with van der Waals surface area (Å²) in [5.74, 6) is -0.733.